The molecule has 0 aromatic carbocycles. The maximum atomic E-state index is 12.8. The van der Waals surface area contributed by atoms with Crippen molar-refractivity contribution < 1.29 is 14.3 Å². The Morgan fingerprint density at radius 1 is 1.19 bits per heavy atom. The summed E-state index contributed by atoms with van der Waals surface area (Å²) in [7, 11) is 1.54. The first-order chi connectivity index (χ1) is 12.5. The van der Waals surface area contributed by atoms with E-state index >= 15 is 0 Å². The molecule has 1 aromatic heterocycles. The normalized spacial score (nSPS) is 22.0. The monoisotopic (exact) mass is 360 g/mol. The van der Waals surface area contributed by atoms with Gasteiger partial charge in [0.2, 0.25) is 11.8 Å². The molecule has 3 rings (SSSR count). The number of rotatable bonds is 4. The molecule has 2 aliphatic heterocycles. The summed E-state index contributed by atoms with van der Waals surface area (Å²) >= 11 is 0. The van der Waals surface area contributed by atoms with Crippen molar-refractivity contribution in [2.45, 2.75) is 38.8 Å². The van der Waals surface area contributed by atoms with Gasteiger partial charge in [-0.2, -0.15) is 0 Å². The molecular formula is C19H28N4O3. The number of carbonyl (C=O) groups is 2. The molecule has 0 N–H and O–H groups in total. The van der Waals surface area contributed by atoms with E-state index in [0.717, 1.165) is 32.5 Å². The summed E-state index contributed by atoms with van der Waals surface area (Å²) in [6.07, 6.45) is 1.95. The van der Waals surface area contributed by atoms with Gasteiger partial charge in [-0.05, 0) is 32.8 Å². The lowest BCUT2D eigenvalue weighted by atomic mass is 10.0. The average molecular weight is 360 g/mol. The molecule has 1 aromatic rings. The van der Waals surface area contributed by atoms with Crippen molar-refractivity contribution in [1.29, 1.82) is 0 Å². The van der Waals surface area contributed by atoms with E-state index in [1.54, 1.807) is 18.2 Å². The number of ether oxygens (including phenoxy) is 1. The second kappa shape index (κ2) is 8.03. The standard InChI is InChI=1S/C19H28N4O3/c1-14(2)23-9-5-7-16(19(23)25)21-10-12-22(13-11-21)18(24)15-6-4-8-17(20-15)26-3/h4,6,8,14,16H,5,7,9-13H2,1-3H3/t16-/m1/s1. The van der Waals surface area contributed by atoms with Gasteiger partial charge in [-0.1, -0.05) is 6.07 Å². The number of carbonyl (C=O) groups excluding carboxylic acids is 2. The summed E-state index contributed by atoms with van der Waals surface area (Å²) in [5.74, 6) is 0.596. The van der Waals surface area contributed by atoms with Gasteiger partial charge in [0, 0.05) is 44.8 Å². The van der Waals surface area contributed by atoms with E-state index in [9.17, 15) is 9.59 Å². The molecule has 2 saturated heterocycles. The molecule has 0 spiro atoms. The van der Waals surface area contributed by atoms with E-state index in [2.05, 4.69) is 23.7 Å². The van der Waals surface area contributed by atoms with Crippen LogP contribution in [0.2, 0.25) is 0 Å². The zero-order valence-corrected chi connectivity index (χ0v) is 15.9. The number of aromatic nitrogens is 1. The van der Waals surface area contributed by atoms with E-state index in [1.807, 2.05) is 9.80 Å². The van der Waals surface area contributed by atoms with E-state index in [1.165, 1.54) is 7.11 Å². The summed E-state index contributed by atoms with van der Waals surface area (Å²) in [5.41, 5.74) is 0.400. The van der Waals surface area contributed by atoms with Gasteiger partial charge in [-0.3, -0.25) is 14.5 Å². The number of methoxy groups -OCH3 is 1. The van der Waals surface area contributed by atoms with Crippen LogP contribution in [0.4, 0.5) is 0 Å². The van der Waals surface area contributed by atoms with Crippen molar-refractivity contribution in [3.8, 4) is 5.88 Å². The molecule has 0 radical (unpaired) electrons. The van der Waals surface area contributed by atoms with Gasteiger partial charge in [0.1, 0.15) is 5.69 Å². The fourth-order valence-corrected chi connectivity index (χ4v) is 3.78. The summed E-state index contributed by atoms with van der Waals surface area (Å²) in [6, 6.07) is 5.41. The highest BCUT2D eigenvalue weighted by molar-refractivity contribution is 5.92. The molecule has 7 heteroatoms. The van der Waals surface area contributed by atoms with Crippen LogP contribution in [-0.2, 0) is 4.79 Å². The van der Waals surface area contributed by atoms with Crippen molar-refractivity contribution in [3.05, 3.63) is 23.9 Å². The van der Waals surface area contributed by atoms with Crippen LogP contribution in [0, 0.1) is 0 Å². The second-order valence-electron chi connectivity index (χ2n) is 7.18. The maximum Gasteiger partial charge on any atom is 0.272 e. The highest BCUT2D eigenvalue weighted by Gasteiger charge is 2.36. The van der Waals surface area contributed by atoms with Crippen LogP contribution in [0.15, 0.2) is 18.2 Å². The third kappa shape index (κ3) is 3.82. The van der Waals surface area contributed by atoms with Crippen LogP contribution in [0.3, 0.4) is 0 Å². The Labute approximate surface area is 154 Å². The van der Waals surface area contributed by atoms with Gasteiger partial charge < -0.3 is 14.5 Å². The zero-order valence-electron chi connectivity index (χ0n) is 15.9. The smallest absolute Gasteiger partial charge is 0.272 e. The van der Waals surface area contributed by atoms with E-state index in [-0.39, 0.29) is 23.9 Å². The first kappa shape index (κ1) is 18.6. The molecule has 0 aliphatic carbocycles. The number of likely N-dealkylation sites (tertiary alicyclic amines) is 1. The quantitative estimate of drug-likeness (QED) is 0.808. The molecule has 7 nitrogen and oxygen atoms in total. The van der Waals surface area contributed by atoms with Crippen LogP contribution in [0.1, 0.15) is 37.2 Å². The van der Waals surface area contributed by atoms with Crippen LogP contribution in [0.5, 0.6) is 5.88 Å². The molecule has 0 unspecified atom stereocenters. The number of amides is 2. The summed E-state index contributed by atoms with van der Waals surface area (Å²) in [5, 5.41) is 0. The number of piperazine rings is 1. The third-order valence-electron chi connectivity index (χ3n) is 5.26. The minimum Gasteiger partial charge on any atom is -0.481 e. The Kier molecular flexibility index (Phi) is 5.76. The Morgan fingerprint density at radius 2 is 1.92 bits per heavy atom. The molecule has 0 bridgehead atoms. The van der Waals surface area contributed by atoms with Crippen LogP contribution >= 0.6 is 0 Å². The average Bonchev–Trinajstić information content (AvgIpc) is 2.67. The molecule has 142 valence electrons. The van der Waals surface area contributed by atoms with E-state index < -0.39 is 0 Å². The van der Waals surface area contributed by atoms with Crippen molar-refractivity contribution >= 4 is 11.8 Å². The van der Waals surface area contributed by atoms with Crippen LogP contribution in [-0.4, -0.2) is 83.4 Å². The van der Waals surface area contributed by atoms with Crippen molar-refractivity contribution in [2.24, 2.45) is 0 Å². The Hall–Kier alpha value is -2.15. The lowest BCUT2D eigenvalue weighted by molar-refractivity contribution is -0.142. The van der Waals surface area contributed by atoms with Gasteiger partial charge in [0.15, 0.2) is 0 Å². The molecule has 3 heterocycles. The summed E-state index contributed by atoms with van der Waals surface area (Å²) in [6.45, 7) is 7.66. The summed E-state index contributed by atoms with van der Waals surface area (Å²) in [4.78, 5) is 35.7. The Bertz CT molecular complexity index is 656. The van der Waals surface area contributed by atoms with Gasteiger partial charge in [0.05, 0.1) is 13.2 Å². The molecule has 2 amide bonds. The van der Waals surface area contributed by atoms with E-state index in [0.29, 0.717) is 24.7 Å². The molecular weight excluding hydrogens is 332 g/mol. The minimum atomic E-state index is -0.0812. The number of nitrogens with zero attached hydrogens (tertiary/aromatic N) is 4. The highest BCUT2D eigenvalue weighted by Crippen LogP contribution is 2.21. The largest absolute Gasteiger partial charge is 0.481 e. The van der Waals surface area contributed by atoms with Gasteiger partial charge in [-0.25, -0.2) is 4.98 Å². The molecule has 26 heavy (non-hydrogen) atoms. The molecule has 2 aliphatic rings. The van der Waals surface area contributed by atoms with Gasteiger partial charge in [-0.15, -0.1) is 0 Å². The second-order valence-corrected chi connectivity index (χ2v) is 7.18. The lowest BCUT2D eigenvalue weighted by Gasteiger charge is -2.43. The fourth-order valence-electron chi connectivity index (χ4n) is 3.78. The Balaban J connectivity index is 1.60. The first-order valence-corrected chi connectivity index (χ1v) is 9.36. The first-order valence-electron chi connectivity index (χ1n) is 9.36. The highest BCUT2D eigenvalue weighted by atomic mass is 16.5. The SMILES string of the molecule is COc1cccc(C(=O)N2CCN([C@@H]3CCCN(C(C)C)C3=O)CC2)n1. The van der Waals surface area contributed by atoms with Crippen LogP contribution in [0.25, 0.3) is 0 Å². The fraction of sp³-hybridized carbons (Fsp3) is 0.632. The minimum absolute atomic E-state index is 0.0432. The maximum absolute atomic E-state index is 12.8. The van der Waals surface area contributed by atoms with E-state index in [4.69, 9.17) is 4.74 Å². The van der Waals surface area contributed by atoms with Crippen molar-refractivity contribution in [2.75, 3.05) is 39.8 Å². The third-order valence-corrected chi connectivity index (χ3v) is 5.26. The van der Waals surface area contributed by atoms with Crippen molar-refractivity contribution in [3.63, 3.8) is 0 Å². The molecule has 0 saturated carbocycles. The molecule has 2 fully saturated rings. The number of piperidine rings is 1. The molecule has 1 atom stereocenters. The topological polar surface area (TPSA) is 66.0 Å². The number of hydrogen-bond donors (Lipinski definition) is 0. The van der Waals surface area contributed by atoms with Gasteiger partial charge in [0.25, 0.3) is 5.91 Å². The van der Waals surface area contributed by atoms with Gasteiger partial charge >= 0.3 is 0 Å². The Morgan fingerprint density at radius 3 is 2.58 bits per heavy atom. The zero-order chi connectivity index (χ0) is 18.7. The predicted octanol–water partition coefficient (Wildman–Crippen LogP) is 1.25. The predicted molar refractivity (Wildman–Crippen MR) is 98.1 cm³/mol. The number of pyridine rings is 1. The number of hydrogen-bond acceptors (Lipinski definition) is 5. The lowest BCUT2D eigenvalue weighted by Crippen LogP contribution is -2.59. The van der Waals surface area contributed by atoms with Crippen molar-refractivity contribution in [1.82, 2.24) is 19.7 Å². The van der Waals surface area contributed by atoms with Crippen LogP contribution < -0.4 is 4.74 Å². The summed E-state index contributed by atoms with van der Waals surface area (Å²) < 4.78 is 5.10.